The summed E-state index contributed by atoms with van der Waals surface area (Å²) in [5, 5.41) is 0.826. The number of aryl methyl sites for hydroxylation is 3. The van der Waals surface area contributed by atoms with Crippen molar-refractivity contribution in [1.29, 1.82) is 0 Å². The minimum Gasteiger partial charge on any atom is -0.369 e. The fourth-order valence-electron chi connectivity index (χ4n) is 4.91. The molecule has 1 aromatic carbocycles. The summed E-state index contributed by atoms with van der Waals surface area (Å²) in [6.45, 7) is 4.44. The maximum Gasteiger partial charge on any atom is 0.416 e. The molecule has 0 saturated carbocycles. The smallest absolute Gasteiger partial charge is 0.369 e. The zero-order chi connectivity index (χ0) is 23.0. The first-order valence-corrected chi connectivity index (χ1v) is 12.4. The number of hydrogen-bond donors (Lipinski definition) is 0. The summed E-state index contributed by atoms with van der Waals surface area (Å²) in [7, 11) is 0. The Kier molecular flexibility index (Phi) is 6.18. The zero-order valence-corrected chi connectivity index (χ0v) is 19.2. The molecule has 1 aliphatic heterocycles. The van der Waals surface area contributed by atoms with E-state index in [1.165, 1.54) is 29.0 Å². The van der Waals surface area contributed by atoms with Crippen LogP contribution in [0.15, 0.2) is 35.4 Å². The van der Waals surface area contributed by atoms with Gasteiger partial charge in [0.15, 0.2) is 0 Å². The van der Waals surface area contributed by atoms with Gasteiger partial charge in [0.2, 0.25) is 0 Å². The normalized spacial score (nSPS) is 17.5. The van der Waals surface area contributed by atoms with Crippen molar-refractivity contribution in [3.8, 4) is 0 Å². The van der Waals surface area contributed by atoms with Gasteiger partial charge >= 0.3 is 6.18 Å². The monoisotopic (exact) mass is 476 g/mol. The van der Waals surface area contributed by atoms with Crippen molar-refractivity contribution in [2.45, 2.75) is 44.8 Å². The lowest BCUT2D eigenvalue weighted by Gasteiger charge is -2.36. The molecule has 1 fully saturated rings. The number of alkyl halides is 3. The molecule has 0 amide bonds. The van der Waals surface area contributed by atoms with Gasteiger partial charge in [-0.2, -0.15) is 13.2 Å². The molecular weight excluding hydrogens is 449 g/mol. The van der Waals surface area contributed by atoms with Crippen LogP contribution in [-0.2, 0) is 25.6 Å². The molecule has 1 aliphatic carbocycles. The number of nitrogens with zero attached hydrogens (tertiary/aromatic N) is 4. The molecule has 33 heavy (non-hydrogen) atoms. The average Bonchev–Trinajstić information content (AvgIpc) is 3.20. The number of benzene rings is 1. The highest BCUT2D eigenvalue weighted by molar-refractivity contribution is 7.18. The molecule has 0 radical (unpaired) electrons. The van der Waals surface area contributed by atoms with Crippen molar-refractivity contribution >= 4 is 27.2 Å². The number of aromatic nitrogens is 2. The van der Waals surface area contributed by atoms with Crippen molar-refractivity contribution in [3.05, 3.63) is 57.0 Å². The molecule has 3 aromatic rings. The van der Waals surface area contributed by atoms with E-state index in [4.69, 9.17) is 0 Å². The second kappa shape index (κ2) is 9.10. The van der Waals surface area contributed by atoms with Crippen LogP contribution in [0.5, 0.6) is 0 Å². The van der Waals surface area contributed by atoms with Crippen molar-refractivity contribution in [3.63, 3.8) is 0 Å². The number of halogens is 3. The average molecular weight is 477 g/mol. The van der Waals surface area contributed by atoms with E-state index in [9.17, 15) is 18.0 Å². The third-order valence-electron chi connectivity index (χ3n) is 6.73. The first kappa shape index (κ1) is 22.4. The summed E-state index contributed by atoms with van der Waals surface area (Å²) in [6.07, 6.45) is 2.56. The minimum atomic E-state index is -4.32. The summed E-state index contributed by atoms with van der Waals surface area (Å²) < 4.78 is 40.7. The van der Waals surface area contributed by atoms with E-state index < -0.39 is 11.7 Å². The van der Waals surface area contributed by atoms with E-state index in [1.807, 2.05) is 4.90 Å². The molecule has 176 valence electrons. The van der Waals surface area contributed by atoms with E-state index >= 15 is 0 Å². The first-order valence-electron chi connectivity index (χ1n) is 11.5. The zero-order valence-electron chi connectivity index (χ0n) is 18.4. The Morgan fingerprint density at radius 3 is 2.61 bits per heavy atom. The van der Waals surface area contributed by atoms with Gasteiger partial charge in [-0.05, 0) is 62.4 Å². The lowest BCUT2D eigenvalue weighted by Crippen LogP contribution is -2.46. The molecule has 1 saturated heterocycles. The van der Waals surface area contributed by atoms with Crippen LogP contribution >= 0.6 is 11.3 Å². The van der Waals surface area contributed by atoms with Crippen molar-refractivity contribution < 1.29 is 13.2 Å². The Morgan fingerprint density at radius 2 is 1.82 bits per heavy atom. The van der Waals surface area contributed by atoms with Crippen LogP contribution in [0.3, 0.4) is 0 Å². The van der Waals surface area contributed by atoms with E-state index in [-0.39, 0.29) is 5.56 Å². The van der Waals surface area contributed by atoms with Crippen LogP contribution in [0, 0.1) is 0 Å². The molecule has 9 heteroatoms. The predicted octanol–water partition coefficient (Wildman–Crippen LogP) is 4.57. The van der Waals surface area contributed by atoms with Gasteiger partial charge in [-0.15, -0.1) is 11.3 Å². The molecule has 5 rings (SSSR count). The topological polar surface area (TPSA) is 41.4 Å². The van der Waals surface area contributed by atoms with Gasteiger partial charge in [-0.3, -0.25) is 14.3 Å². The predicted molar refractivity (Wildman–Crippen MR) is 125 cm³/mol. The lowest BCUT2D eigenvalue weighted by atomic mass is 9.97. The largest absolute Gasteiger partial charge is 0.416 e. The van der Waals surface area contributed by atoms with Crippen LogP contribution in [-0.4, -0.2) is 47.2 Å². The van der Waals surface area contributed by atoms with Crippen molar-refractivity contribution in [2.75, 3.05) is 37.6 Å². The van der Waals surface area contributed by atoms with Crippen LogP contribution in [0.4, 0.5) is 18.9 Å². The Bertz CT molecular complexity index is 1190. The quantitative estimate of drug-likeness (QED) is 0.541. The van der Waals surface area contributed by atoms with Crippen LogP contribution in [0.2, 0.25) is 0 Å². The fraction of sp³-hybridized carbons (Fsp3) is 0.500. The molecule has 0 N–H and O–H groups in total. The van der Waals surface area contributed by atoms with Gasteiger partial charge < -0.3 is 4.90 Å². The van der Waals surface area contributed by atoms with E-state index in [1.54, 1.807) is 28.3 Å². The number of anilines is 1. The van der Waals surface area contributed by atoms with Crippen molar-refractivity contribution in [1.82, 2.24) is 14.5 Å². The molecule has 0 spiro atoms. The highest BCUT2D eigenvalue weighted by Gasteiger charge is 2.31. The lowest BCUT2D eigenvalue weighted by molar-refractivity contribution is -0.137. The van der Waals surface area contributed by atoms with Crippen LogP contribution in [0.25, 0.3) is 10.2 Å². The van der Waals surface area contributed by atoms with Gasteiger partial charge in [0.1, 0.15) is 4.83 Å². The Balaban J connectivity index is 1.17. The number of thiophene rings is 1. The van der Waals surface area contributed by atoms with Gasteiger partial charge in [-0.1, -0.05) is 6.07 Å². The van der Waals surface area contributed by atoms with Crippen LogP contribution in [0.1, 0.15) is 35.3 Å². The van der Waals surface area contributed by atoms with E-state index in [0.29, 0.717) is 25.3 Å². The third-order valence-corrected chi connectivity index (χ3v) is 7.93. The van der Waals surface area contributed by atoms with Gasteiger partial charge in [0.05, 0.1) is 17.3 Å². The SMILES string of the molecule is O=c1c2c3c(sc2ncn1CCCN1CCN(c2cccc(C(F)(F)F)c2)CC1)CCCC3. The first-order chi connectivity index (χ1) is 15.9. The number of piperazine rings is 1. The Morgan fingerprint density at radius 1 is 1.03 bits per heavy atom. The molecule has 0 bridgehead atoms. The third kappa shape index (κ3) is 4.66. The summed E-state index contributed by atoms with van der Waals surface area (Å²) in [6, 6.07) is 5.55. The summed E-state index contributed by atoms with van der Waals surface area (Å²) >= 11 is 1.67. The Labute approximate surface area is 194 Å². The minimum absolute atomic E-state index is 0.0776. The van der Waals surface area contributed by atoms with Crippen molar-refractivity contribution in [2.24, 2.45) is 0 Å². The second-order valence-corrected chi connectivity index (χ2v) is 9.95. The highest BCUT2D eigenvalue weighted by Crippen LogP contribution is 2.34. The van der Waals surface area contributed by atoms with Crippen LogP contribution < -0.4 is 10.5 Å². The summed E-state index contributed by atoms with van der Waals surface area (Å²) in [5.74, 6) is 0. The standard InChI is InChI=1S/C24H27F3N4OS/c25-24(26,27)17-5-3-6-18(15-17)30-13-11-29(12-14-30)9-4-10-31-16-28-22-21(23(31)32)19-7-1-2-8-20(19)33-22/h3,5-6,15-16H,1-2,4,7-14H2. The number of fused-ring (bicyclic) bond motifs is 3. The molecule has 0 unspecified atom stereocenters. The maximum absolute atomic E-state index is 13.1. The molecule has 2 aliphatic rings. The maximum atomic E-state index is 13.1. The number of rotatable bonds is 5. The van der Waals surface area contributed by atoms with Gasteiger partial charge in [0, 0.05) is 43.3 Å². The summed E-state index contributed by atoms with van der Waals surface area (Å²) in [4.78, 5) is 24.2. The molecule has 2 aromatic heterocycles. The second-order valence-electron chi connectivity index (χ2n) is 8.86. The Hall–Kier alpha value is -2.39. The van der Waals surface area contributed by atoms with E-state index in [0.717, 1.165) is 61.6 Å². The molecule has 3 heterocycles. The van der Waals surface area contributed by atoms with Gasteiger partial charge in [0.25, 0.3) is 5.56 Å². The number of hydrogen-bond acceptors (Lipinski definition) is 5. The fourth-order valence-corrected chi connectivity index (χ4v) is 6.13. The molecule has 5 nitrogen and oxygen atoms in total. The molecular formula is C24H27F3N4OS. The molecule has 0 atom stereocenters. The highest BCUT2D eigenvalue weighted by atomic mass is 32.1. The van der Waals surface area contributed by atoms with E-state index in [2.05, 4.69) is 9.88 Å². The summed E-state index contributed by atoms with van der Waals surface area (Å²) in [5.41, 5.74) is 1.31. The van der Waals surface area contributed by atoms with Gasteiger partial charge in [-0.25, -0.2) is 4.98 Å².